The minimum absolute atomic E-state index is 0.0939. The zero-order chi connectivity index (χ0) is 31.0. The van der Waals surface area contributed by atoms with Crippen molar-refractivity contribution in [1.82, 2.24) is 9.80 Å². The first-order valence-electron chi connectivity index (χ1n) is 13.1. The Kier molecular flexibility index (Phi) is 9.36. The number of aliphatic imine (C=N–C) groups is 1. The number of hydrogen-bond acceptors (Lipinski definition) is 8. The standard InChI is InChI=1S/C27H32Cl2N6O5S2/c1-14-31-20(40-42-14)13-34-9-10-35(27(5,24(34)38)12-19(30)36)23(37)15-11-18(26(2,3)4)41-22(15)33-25(39)32-17-8-6-7-16(28)21(17)29/h6-8,11,14H,9-10,12-13H2,1-5H3,(H2,30,36)(H2,32,33,39). The Morgan fingerprint density at radius 3 is 2.55 bits per heavy atom. The molecule has 3 heterocycles. The number of halogens is 2. The van der Waals surface area contributed by atoms with Gasteiger partial charge in [0.1, 0.15) is 15.9 Å². The maximum absolute atomic E-state index is 14.2. The van der Waals surface area contributed by atoms with E-state index in [9.17, 15) is 19.2 Å². The molecule has 4 rings (SSSR count). The zero-order valence-corrected chi connectivity index (χ0v) is 26.9. The molecule has 2 aliphatic heterocycles. The van der Waals surface area contributed by atoms with Gasteiger partial charge in [0.2, 0.25) is 17.7 Å². The van der Waals surface area contributed by atoms with E-state index in [0.29, 0.717) is 11.6 Å². The Bertz CT molecular complexity index is 1460. The molecule has 0 bridgehead atoms. The fraction of sp³-hybridized carbons (Fsp3) is 0.444. The van der Waals surface area contributed by atoms with Gasteiger partial charge in [-0.15, -0.1) is 11.3 Å². The van der Waals surface area contributed by atoms with Crippen LogP contribution in [-0.2, 0) is 19.2 Å². The van der Waals surface area contributed by atoms with E-state index in [1.807, 2.05) is 27.7 Å². The average molecular weight is 656 g/mol. The van der Waals surface area contributed by atoms with Crippen LogP contribution in [0.3, 0.4) is 0 Å². The molecular formula is C27H32Cl2N6O5S2. The molecule has 2 aromatic rings. The van der Waals surface area contributed by atoms with Crippen molar-refractivity contribution in [2.75, 3.05) is 30.3 Å². The number of anilines is 2. The van der Waals surface area contributed by atoms with Crippen LogP contribution >= 0.6 is 46.6 Å². The number of carbonyl (C=O) groups is 4. The minimum atomic E-state index is -1.57. The van der Waals surface area contributed by atoms with Gasteiger partial charge in [-0.3, -0.25) is 19.7 Å². The summed E-state index contributed by atoms with van der Waals surface area (Å²) in [6.07, 6.45) is -0.390. The van der Waals surface area contributed by atoms with Gasteiger partial charge in [-0.25, -0.2) is 9.79 Å². The van der Waals surface area contributed by atoms with Gasteiger partial charge in [0, 0.05) is 18.0 Å². The Hall–Kier alpha value is -3.00. The van der Waals surface area contributed by atoms with E-state index in [4.69, 9.17) is 33.1 Å². The van der Waals surface area contributed by atoms with Crippen molar-refractivity contribution in [2.24, 2.45) is 10.7 Å². The molecule has 2 atom stereocenters. The summed E-state index contributed by atoms with van der Waals surface area (Å²) in [7, 11) is 0. The molecule has 2 unspecified atom stereocenters. The third-order valence-corrected chi connectivity index (χ3v) is 9.73. The number of rotatable bonds is 7. The summed E-state index contributed by atoms with van der Waals surface area (Å²) in [5, 5.41) is 6.04. The number of nitrogens with two attached hydrogens (primary N) is 1. The minimum Gasteiger partial charge on any atom is -0.407 e. The van der Waals surface area contributed by atoms with Crippen molar-refractivity contribution in [3.8, 4) is 0 Å². The van der Waals surface area contributed by atoms with Crippen LogP contribution in [0.1, 0.15) is 56.3 Å². The molecule has 0 spiro atoms. The van der Waals surface area contributed by atoms with E-state index in [-0.39, 0.29) is 57.5 Å². The first-order chi connectivity index (χ1) is 19.6. The summed E-state index contributed by atoms with van der Waals surface area (Å²) in [5.41, 5.74) is 4.12. The van der Waals surface area contributed by atoms with E-state index in [2.05, 4.69) is 15.6 Å². The summed E-state index contributed by atoms with van der Waals surface area (Å²) >= 11 is 14.7. The molecule has 0 radical (unpaired) electrons. The first-order valence-corrected chi connectivity index (χ1v) is 15.4. The predicted octanol–water partition coefficient (Wildman–Crippen LogP) is 5.34. The molecule has 5 amide bonds. The molecule has 42 heavy (non-hydrogen) atoms. The molecule has 15 heteroatoms. The number of urea groups is 1. The second kappa shape index (κ2) is 12.3. The van der Waals surface area contributed by atoms with Gasteiger partial charge in [0.15, 0.2) is 0 Å². The van der Waals surface area contributed by atoms with Crippen molar-refractivity contribution in [3.63, 3.8) is 0 Å². The summed E-state index contributed by atoms with van der Waals surface area (Å²) in [6.45, 7) is 9.76. The van der Waals surface area contributed by atoms with Crippen molar-refractivity contribution < 1.29 is 23.4 Å². The molecule has 1 saturated heterocycles. The number of thiophene rings is 1. The number of nitrogens with one attached hydrogen (secondary N) is 2. The normalized spacial score (nSPS) is 20.7. The van der Waals surface area contributed by atoms with E-state index in [0.717, 1.165) is 4.88 Å². The summed E-state index contributed by atoms with van der Waals surface area (Å²) in [5.74, 6) is -1.31. The van der Waals surface area contributed by atoms with E-state index < -0.39 is 29.3 Å². The van der Waals surface area contributed by atoms with Gasteiger partial charge in [0.25, 0.3) is 5.91 Å². The number of nitrogens with zero attached hydrogens (tertiary/aromatic N) is 3. The third-order valence-electron chi connectivity index (χ3n) is 6.76. The fourth-order valence-electron chi connectivity index (χ4n) is 4.63. The molecule has 1 aromatic heterocycles. The molecule has 226 valence electrons. The highest BCUT2D eigenvalue weighted by Crippen LogP contribution is 2.39. The van der Waals surface area contributed by atoms with Crippen LogP contribution in [0.15, 0.2) is 29.3 Å². The predicted molar refractivity (Wildman–Crippen MR) is 168 cm³/mol. The maximum atomic E-state index is 14.2. The van der Waals surface area contributed by atoms with E-state index in [1.165, 1.54) is 40.1 Å². The Balaban J connectivity index is 1.64. The van der Waals surface area contributed by atoms with Gasteiger partial charge >= 0.3 is 6.03 Å². The van der Waals surface area contributed by atoms with E-state index >= 15 is 0 Å². The summed E-state index contributed by atoms with van der Waals surface area (Å²) in [6, 6.07) is 5.90. The number of piperazine rings is 1. The van der Waals surface area contributed by atoms with Crippen molar-refractivity contribution in [1.29, 1.82) is 0 Å². The molecular weight excluding hydrogens is 623 g/mol. The topological polar surface area (TPSA) is 146 Å². The van der Waals surface area contributed by atoms with Gasteiger partial charge in [-0.2, -0.15) is 0 Å². The quantitative estimate of drug-likeness (QED) is 0.344. The van der Waals surface area contributed by atoms with Crippen LogP contribution in [0.4, 0.5) is 15.5 Å². The summed E-state index contributed by atoms with van der Waals surface area (Å²) in [4.78, 5) is 61.2. The largest absolute Gasteiger partial charge is 0.407 e. The highest BCUT2D eigenvalue weighted by atomic mass is 35.5. The van der Waals surface area contributed by atoms with Crippen LogP contribution in [0.5, 0.6) is 0 Å². The lowest BCUT2D eigenvalue weighted by atomic mass is 9.89. The van der Waals surface area contributed by atoms with Crippen LogP contribution in [0.2, 0.25) is 10.0 Å². The van der Waals surface area contributed by atoms with Gasteiger partial charge in [-0.05, 0) is 37.5 Å². The molecule has 4 N–H and O–H groups in total. The third kappa shape index (κ3) is 6.80. The SMILES string of the molecule is CC1N=C(CN2CCN(C(=O)c3cc(C(C)(C)C)sc3NC(=O)Nc3cccc(Cl)c3Cl)C(C)(CC(N)=O)C2=O)OS1. The van der Waals surface area contributed by atoms with Crippen LogP contribution < -0.4 is 16.4 Å². The Morgan fingerprint density at radius 1 is 1.21 bits per heavy atom. The highest BCUT2D eigenvalue weighted by Gasteiger charge is 2.50. The highest BCUT2D eigenvalue weighted by molar-refractivity contribution is 7.95. The molecule has 1 aromatic carbocycles. The van der Waals surface area contributed by atoms with Crippen LogP contribution in [-0.4, -0.2) is 70.0 Å². The Morgan fingerprint density at radius 2 is 1.93 bits per heavy atom. The second-order valence-corrected chi connectivity index (χ2v) is 14.1. The second-order valence-electron chi connectivity index (χ2n) is 11.2. The number of amides is 5. The van der Waals surface area contributed by atoms with Gasteiger partial charge < -0.3 is 25.0 Å². The van der Waals surface area contributed by atoms with Gasteiger partial charge in [0.05, 0.1) is 46.3 Å². The monoisotopic (exact) mass is 654 g/mol. The van der Waals surface area contributed by atoms with Crippen molar-refractivity contribution in [3.05, 3.63) is 44.8 Å². The Labute approximate surface area is 262 Å². The molecule has 0 saturated carbocycles. The molecule has 2 aliphatic rings. The van der Waals surface area contributed by atoms with Gasteiger partial charge in [-0.1, -0.05) is 50.0 Å². The van der Waals surface area contributed by atoms with E-state index in [1.54, 1.807) is 24.3 Å². The van der Waals surface area contributed by atoms with Crippen LogP contribution in [0.25, 0.3) is 0 Å². The van der Waals surface area contributed by atoms with Crippen molar-refractivity contribution in [2.45, 2.75) is 57.4 Å². The van der Waals surface area contributed by atoms with Crippen LogP contribution in [0, 0.1) is 0 Å². The maximum Gasteiger partial charge on any atom is 0.324 e. The number of hydrogen-bond donors (Lipinski definition) is 3. The summed E-state index contributed by atoms with van der Waals surface area (Å²) < 4.78 is 5.49. The molecule has 1 fully saturated rings. The van der Waals surface area contributed by atoms with Crippen molar-refractivity contribution >= 4 is 86.9 Å². The first kappa shape index (κ1) is 31.9. The zero-order valence-electron chi connectivity index (χ0n) is 23.7. The lowest BCUT2D eigenvalue weighted by Crippen LogP contribution is -2.67. The number of benzene rings is 1. The number of carbonyl (C=O) groups excluding carboxylic acids is 4. The molecule has 11 nitrogen and oxygen atoms in total. The fourth-order valence-corrected chi connectivity index (χ4v) is 6.59. The molecule has 0 aliphatic carbocycles. The lowest BCUT2D eigenvalue weighted by molar-refractivity contribution is -0.149. The smallest absolute Gasteiger partial charge is 0.324 e. The number of primary amides is 1. The lowest BCUT2D eigenvalue weighted by Gasteiger charge is -2.47. The average Bonchev–Trinajstić information content (AvgIpc) is 3.50.